The van der Waals surface area contributed by atoms with Crippen molar-refractivity contribution in [3.8, 4) is 0 Å². The summed E-state index contributed by atoms with van der Waals surface area (Å²) in [5.41, 5.74) is -0.111. The van der Waals surface area contributed by atoms with Crippen molar-refractivity contribution < 1.29 is 14.3 Å². The fraction of sp³-hybridized carbons (Fsp3) is 0.562. The topological polar surface area (TPSA) is 40.5 Å². The number of hydrogen-bond donors (Lipinski definition) is 1. The summed E-state index contributed by atoms with van der Waals surface area (Å²) >= 11 is 5.97. The Morgan fingerprint density at radius 1 is 1.52 bits per heavy atom. The van der Waals surface area contributed by atoms with Gasteiger partial charge in [0.1, 0.15) is 5.82 Å². The zero-order chi connectivity index (χ0) is 15.2. The number of benzene rings is 1. The number of amides is 1. The molecule has 1 aliphatic heterocycles. The van der Waals surface area contributed by atoms with Gasteiger partial charge in [0.05, 0.1) is 12.0 Å². The maximum atomic E-state index is 13.0. The van der Waals surface area contributed by atoms with E-state index in [1.807, 2.05) is 6.92 Å². The molecule has 2 atom stereocenters. The highest BCUT2D eigenvalue weighted by Crippen LogP contribution is 2.47. The number of halogens is 2. The van der Waals surface area contributed by atoms with Gasteiger partial charge in [-0.2, -0.15) is 0 Å². The third-order valence-corrected chi connectivity index (χ3v) is 5.14. The first-order valence-electron chi connectivity index (χ1n) is 7.34. The molecule has 0 aromatic heterocycles. The minimum atomic E-state index is -0.734. The van der Waals surface area contributed by atoms with Crippen LogP contribution in [0.25, 0.3) is 0 Å². The van der Waals surface area contributed by atoms with Gasteiger partial charge in [-0.3, -0.25) is 4.79 Å². The van der Waals surface area contributed by atoms with Crippen LogP contribution < -0.4 is 0 Å². The normalized spacial score (nSPS) is 29.0. The maximum absolute atomic E-state index is 13.0. The molecule has 1 amide bonds. The second-order valence-corrected chi connectivity index (χ2v) is 6.76. The van der Waals surface area contributed by atoms with Crippen LogP contribution in [-0.2, 0) is 11.2 Å². The van der Waals surface area contributed by atoms with Crippen molar-refractivity contribution in [3.63, 3.8) is 0 Å². The fourth-order valence-electron chi connectivity index (χ4n) is 3.26. The predicted molar refractivity (Wildman–Crippen MR) is 78.5 cm³/mol. The molecule has 0 radical (unpaired) electrons. The summed E-state index contributed by atoms with van der Waals surface area (Å²) in [4.78, 5) is 14.1. The van der Waals surface area contributed by atoms with E-state index >= 15 is 0 Å². The molecular weight excluding hydrogens is 293 g/mol. The fourth-order valence-corrected chi connectivity index (χ4v) is 3.49. The van der Waals surface area contributed by atoms with E-state index in [-0.39, 0.29) is 23.3 Å². The molecule has 1 aromatic rings. The largest absolute Gasteiger partial charge is 0.387 e. The Bertz CT molecular complexity index is 575. The van der Waals surface area contributed by atoms with Crippen molar-refractivity contribution in [3.05, 3.63) is 34.6 Å². The summed E-state index contributed by atoms with van der Waals surface area (Å²) in [6, 6.07) is 4.07. The van der Waals surface area contributed by atoms with E-state index in [2.05, 4.69) is 0 Å². The lowest BCUT2D eigenvalue weighted by atomic mass is 9.88. The van der Waals surface area contributed by atoms with Crippen molar-refractivity contribution in [2.75, 3.05) is 13.1 Å². The summed E-state index contributed by atoms with van der Waals surface area (Å²) in [6.45, 7) is 2.97. The van der Waals surface area contributed by atoms with Crippen molar-refractivity contribution >= 4 is 17.5 Å². The zero-order valence-electron chi connectivity index (χ0n) is 12.0. The molecule has 21 heavy (non-hydrogen) atoms. The van der Waals surface area contributed by atoms with E-state index in [1.165, 1.54) is 12.1 Å². The molecular formula is C16H19ClFNO2. The molecule has 1 saturated carbocycles. The number of nitrogens with zero attached hydrogens (tertiary/aromatic N) is 1. The first kappa shape index (κ1) is 14.8. The molecule has 2 fully saturated rings. The van der Waals surface area contributed by atoms with Crippen LogP contribution in [0.5, 0.6) is 0 Å². The van der Waals surface area contributed by atoms with Gasteiger partial charge in [0.2, 0.25) is 5.91 Å². The van der Waals surface area contributed by atoms with Crippen molar-refractivity contribution in [2.45, 2.75) is 31.8 Å². The maximum Gasteiger partial charge on any atom is 0.227 e. The van der Waals surface area contributed by atoms with Crippen LogP contribution in [0.2, 0.25) is 5.02 Å². The highest BCUT2D eigenvalue weighted by Gasteiger charge is 2.53. The smallest absolute Gasteiger partial charge is 0.227 e. The van der Waals surface area contributed by atoms with Crippen molar-refractivity contribution in [1.29, 1.82) is 0 Å². The molecule has 1 heterocycles. The third-order valence-electron chi connectivity index (χ3n) is 4.79. The Kier molecular flexibility index (Phi) is 3.70. The second kappa shape index (κ2) is 5.25. The van der Waals surface area contributed by atoms with E-state index in [9.17, 15) is 14.3 Å². The number of β-amino-alcohol motifs (C(OH)–C–C–N with tert-alkyl or cyclic N) is 1. The van der Waals surface area contributed by atoms with Gasteiger partial charge < -0.3 is 10.0 Å². The average Bonchev–Trinajstić information content (AvgIpc) is 3.21. The van der Waals surface area contributed by atoms with Crippen molar-refractivity contribution in [1.82, 2.24) is 4.90 Å². The number of rotatable bonds is 3. The number of aliphatic hydroxyl groups is 1. The van der Waals surface area contributed by atoms with Gasteiger partial charge in [0.15, 0.2) is 0 Å². The highest BCUT2D eigenvalue weighted by atomic mass is 35.5. The van der Waals surface area contributed by atoms with Gasteiger partial charge in [-0.05, 0) is 36.5 Å². The average molecular weight is 312 g/mol. The molecule has 5 heteroatoms. The zero-order valence-corrected chi connectivity index (χ0v) is 12.7. The summed E-state index contributed by atoms with van der Waals surface area (Å²) in [5, 5.41) is 11.0. The van der Waals surface area contributed by atoms with E-state index < -0.39 is 11.4 Å². The summed E-state index contributed by atoms with van der Waals surface area (Å²) in [5.74, 6) is -0.0432. The molecule has 1 N–H and O–H groups in total. The highest BCUT2D eigenvalue weighted by molar-refractivity contribution is 6.31. The molecule has 0 bridgehead atoms. The summed E-state index contributed by atoms with van der Waals surface area (Å²) < 4.78 is 13.0. The lowest BCUT2D eigenvalue weighted by Crippen LogP contribution is -2.40. The standard InChI is InChI=1S/C16H19ClFNO2/c1-10-8-19(9-16(10,21)12-3-4-12)15(20)6-11-2-5-13(18)7-14(11)17/h2,5,7,10,12,21H,3-4,6,8-9H2,1H3/t10-,16+/m0/s1. The minimum absolute atomic E-state index is 0.0630. The van der Waals surface area contributed by atoms with Crippen LogP contribution in [-0.4, -0.2) is 34.6 Å². The van der Waals surface area contributed by atoms with Crippen LogP contribution in [0, 0.1) is 17.7 Å². The molecule has 0 spiro atoms. The van der Waals surface area contributed by atoms with E-state index in [0.717, 1.165) is 12.8 Å². The van der Waals surface area contributed by atoms with Crippen LogP contribution in [0.15, 0.2) is 18.2 Å². The molecule has 1 saturated heterocycles. The molecule has 3 nitrogen and oxygen atoms in total. The Labute approximate surface area is 128 Å². The van der Waals surface area contributed by atoms with Crippen LogP contribution in [0.3, 0.4) is 0 Å². The first-order chi connectivity index (χ1) is 9.90. The predicted octanol–water partition coefficient (Wildman–Crippen LogP) is 2.64. The van der Waals surface area contributed by atoms with Gasteiger partial charge in [-0.15, -0.1) is 0 Å². The number of hydrogen-bond acceptors (Lipinski definition) is 2. The van der Waals surface area contributed by atoms with Crippen molar-refractivity contribution in [2.24, 2.45) is 11.8 Å². The molecule has 114 valence electrons. The Hall–Kier alpha value is -1.13. The number of carbonyl (C=O) groups is 1. The Balaban J connectivity index is 1.69. The van der Waals surface area contributed by atoms with Gasteiger partial charge >= 0.3 is 0 Å². The van der Waals surface area contributed by atoms with Crippen LogP contribution >= 0.6 is 11.6 Å². The van der Waals surface area contributed by atoms with Gasteiger partial charge in [0, 0.05) is 24.0 Å². The van der Waals surface area contributed by atoms with Crippen LogP contribution in [0.4, 0.5) is 4.39 Å². The minimum Gasteiger partial charge on any atom is -0.387 e. The van der Waals surface area contributed by atoms with Gasteiger partial charge in [-0.25, -0.2) is 4.39 Å². The van der Waals surface area contributed by atoms with E-state index in [4.69, 9.17) is 11.6 Å². The quantitative estimate of drug-likeness (QED) is 0.932. The molecule has 3 rings (SSSR count). The Morgan fingerprint density at radius 2 is 2.24 bits per heavy atom. The second-order valence-electron chi connectivity index (χ2n) is 6.35. The van der Waals surface area contributed by atoms with E-state index in [0.29, 0.717) is 24.6 Å². The van der Waals surface area contributed by atoms with Crippen LogP contribution in [0.1, 0.15) is 25.3 Å². The monoisotopic (exact) mass is 311 g/mol. The number of carbonyl (C=O) groups excluding carboxylic acids is 1. The summed E-state index contributed by atoms with van der Waals surface area (Å²) in [7, 11) is 0. The molecule has 1 aromatic carbocycles. The molecule has 1 aliphatic carbocycles. The SMILES string of the molecule is C[C@H]1CN(C(=O)Cc2ccc(F)cc2Cl)C[C@]1(O)C1CC1. The lowest BCUT2D eigenvalue weighted by molar-refractivity contribution is -0.130. The van der Waals surface area contributed by atoms with E-state index in [1.54, 1.807) is 11.0 Å². The van der Waals surface area contributed by atoms with Gasteiger partial charge in [-0.1, -0.05) is 24.6 Å². The van der Waals surface area contributed by atoms with Gasteiger partial charge in [0.25, 0.3) is 0 Å². The summed E-state index contributed by atoms with van der Waals surface area (Å²) in [6.07, 6.45) is 2.24. The first-order valence-corrected chi connectivity index (χ1v) is 7.72. The lowest BCUT2D eigenvalue weighted by Gasteiger charge is -2.26. The number of likely N-dealkylation sites (tertiary alicyclic amines) is 1. The molecule has 0 unspecified atom stereocenters. The third kappa shape index (κ3) is 2.79. The molecule has 2 aliphatic rings. The Morgan fingerprint density at radius 3 is 2.86 bits per heavy atom.